The van der Waals surface area contributed by atoms with Gasteiger partial charge in [0, 0.05) is 11.8 Å². The molecule has 0 aliphatic heterocycles. The lowest BCUT2D eigenvalue weighted by molar-refractivity contribution is 0.276. The summed E-state index contributed by atoms with van der Waals surface area (Å²) in [5, 5.41) is 8.79. The summed E-state index contributed by atoms with van der Waals surface area (Å²) in [5.41, 5.74) is 1.20. The van der Waals surface area contributed by atoms with Crippen LogP contribution < -0.4 is 0 Å². The quantitative estimate of drug-likeness (QED) is 0.727. The van der Waals surface area contributed by atoms with Crippen molar-refractivity contribution in [3.63, 3.8) is 0 Å². The molecule has 0 aromatic carbocycles. The van der Waals surface area contributed by atoms with Gasteiger partial charge in [0.25, 0.3) is 0 Å². The van der Waals surface area contributed by atoms with Crippen molar-refractivity contribution in [2.75, 3.05) is 0 Å². The molecule has 0 radical (unpaired) electrons. The normalized spacial score (nSPS) is 10.5. The molecule has 60 valence electrons. The highest BCUT2D eigenvalue weighted by Crippen LogP contribution is 2.26. The molecule has 1 N–H and O–H groups in total. The number of aliphatic hydroxyl groups excluding tert-OH is 1. The van der Waals surface area contributed by atoms with Crippen molar-refractivity contribution in [1.29, 1.82) is 0 Å². The Kier molecular flexibility index (Phi) is 3.12. The minimum Gasteiger partial charge on any atom is -0.390 e. The number of hydrogen-bond donors (Lipinski definition) is 1. The summed E-state index contributed by atoms with van der Waals surface area (Å²) < 4.78 is 0. The summed E-state index contributed by atoms with van der Waals surface area (Å²) in [6, 6.07) is 3.47. The molecule has 0 aliphatic carbocycles. The first-order chi connectivity index (χ1) is 5.25. The van der Waals surface area contributed by atoms with Gasteiger partial charge in [0.1, 0.15) is 4.84 Å². The van der Waals surface area contributed by atoms with Crippen LogP contribution in [0.2, 0.25) is 0 Å². The zero-order chi connectivity index (χ0) is 8.27. The SMILES string of the molecule is OCc1ncccc1C(Cl)Cl. The van der Waals surface area contributed by atoms with Crippen molar-refractivity contribution in [2.45, 2.75) is 11.4 Å². The summed E-state index contributed by atoms with van der Waals surface area (Å²) in [6.45, 7) is -0.133. The van der Waals surface area contributed by atoms with Gasteiger partial charge in [0.15, 0.2) is 0 Å². The van der Waals surface area contributed by atoms with Crippen LogP contribution in [0.4, 0.5) is 0 Å². The number of aromatic nitrogens is 1. The van der Waals surface area contributed by atoms with Crippen LogP contribution in [0, 0.1) is 0 Å². The average Bonchev–Trinajstić information content (AvgIpc) is 2.04. The Morgan fingerprint density at radius 1 is 1.55 bits per heavy atom. The van der Waals surface area contributed by atoms with Crippen LogP contribution in [0.3, 0.4) is 0 Å². The standard InChI is InChI=1S/C7H7Cl2NO/c8-7(9)5-2-1-3-10-6(5)4-11/h1-3,7,11H,4H2. The Hall–Kier alpha value is -0.310. The predicted octanol–water partition coefficient (Wildman–Crippen LogP) is 2.05. The summed E-state index contributed by atoms with van der Waals surface area (Å²) in [7, 11) is 0. The van der Waals surface area contributed by atoms with Gasteiger partial charge in [-0.2, -0.15) is 0 Å². The molecule has 0 fully saturated rings. The largest absolute Gasteiger partial charge is 0.390 e. The third kappa shape index (κ3) is 2.06. The second-order valence-corrected chi connectivity index (χ2v) is 3.09. The molecule has 1 aromatic heterocycles. The topological polar surface area (TPSA) is 33.1 Å². The Balaban J connectivity index is 3.02. The van der Waals surface area contributed by atoms with Crippen LogP contribution in [0.5, 0.6) is 0 Å². The number of nitrogens with zero attached hydrogens (tertiary/aromatic N) is 1. The van der Waals surface area contributed by atoms with Gasteiger partial charge in [-0.3, -0.25) is 4.98 Å². The molecule has 0 unspecified atom stereocenters. The number of aliphatic hydroxyl groups is 1. The average molecular weight is 192 g/mol. The molecule has 0 atom stereocenters. The maximum atomic E-state index is 8.79. The van der Waals surface area contributed by atoms with E-state index in [0.717, 1.165) is 0 Å². The Labute approximate surface area is 74.8 Å². The third-order valence-corrected chi connectivity index (χ3v) is 1.78. The van der Waals surface area contributed by atoms with Crippen LogP contribution in [0.25, 0.3) is 0 Å². The molecular formula is C7H7Cl2NO. The summed E-state index contributed by atoms with van der Waals surface area (Å²) >= 11 is 11.2. The maximum Gasteiger partial charge on any atom is 0.134 e. The van der Waals surface area contributed by atoms with E-state index in [4.69, 9.17) is 28.3 Å². The van der Waals surface area contributed by atoms with Gasteiger partial charge in [0.05, 0.1) is 12.3 Å². The first kappa shape index (κ1) is 8.78. The molecule has 1 aromatic rings. The number of rotatable bonds is 2. The summed E-state index contributed by atoms with van der Waals surface area (Å²) in [6.07, 6.45) is 1.59. The van der Waals surface area contributed by atoms with Crippen molar-refractivity contribution < 1.29 is 5.11 Å². The maximum absolute atomic E-state index is 8.79. The van der Waals surface area contributed by atoms with Crippen LogP contribution in [-0.2, 0) is 6.61 Å². The zero-order valence-corrected chi connectivity index (χ0v) is 7.18. The van der Waals surface area contributed by atoms with Crippen LogP contribution in [0.15, 0.2) is 18.3 Å². The van der Waals surface area contributed by atoms with Crippen molar-refractivity contribution >= 4 is 23.2 Å². The molecule has 0 amide bonds. The fourth-order valence-corrected chi connectivity index (χ4v) is 1.18. The van der Waals surface area contributed by atoms with Crippen LogP contribution in [0.1, 0.15) is 16.1 Å². The van der Waals surface area contributed by atoms with Crippen LogP contribution >= 0.6 is 23.2 Å². The van der Waals surface area contributed by atoms with Crippen molar-refractivity contribution in [1.82, 2.24) is 4.98 Å². The fraction of sp³-hybridized carbons (Fsp3) is 0.286. The molecule has 0 saturated heterocycles. The molecule has 1 rings (SSSR count). The van der Waals surface area contributed by atoms with E-state index in [1.165, 1.54) is 0 Å². The summed E-state index contributed by atoms with van der Waals surface area (Å²) in [5.74, 6) is 0. The van der Waals surface area contributed by atoms with E-state index < -0.39 is 4.84 Å². The zero-order valence-electron chi connectivity index (χ0n) is 5.67. The summed E-state index contributed by atoms with van der Waals surface area (Å²) in [4.78, 5) is 3.28. The van der Waals surface area contributed by atoms with Crippen molar-refractivity contribution in [2.24, 2.45) is 0 Å². The van der Waals surface area contributed by atoms with Crippen molar-refractivity contribution in [3.05, 3.63) is 29.6 Å². The van der Waals surface area contributed by atoms with E-state index in [1.54, 1.807) is 18.3 Å². The highest BCUT2D eigenvalue weighted by atomic mass is 35.5. The Bertz CT molecular complexity index is 240. The molecule has 2 nitrogen and oxygen atoms in total. The molecular weight excluding hydrogens is 185 g/mol. The van der Waals surface area contributed by atoms with E-state index in [0.29, 0.717) is 11.3 Å². The Morgan fingerprint density at radius 2 is 2.27 bits per heavy atom. The van der Waals surface area contributed by atoms with Gasteiger partial charge < -0.3 is 5.11 Å². The molecule has 0 spiro atoms. The van der Waals surface area contributed by atoms with E-state index in [9.17, 15) is 0 Å². The van der Waals surface area contributed by atoms with E-state index in [-0.39, 0.29) is 6.61 Å². The lowest BCUT2D eigenvalue weighted by Crippen LogP contribution is -1.95. The van der Waals surface area contributed by atoms with Gasteiger partial charge in [0.2, 0.25) is 0 Å². The second-order valence-electron chi connectivity index (χ2n) is 2.00. The third-order valence-electron chi connectivity index (χ3n) is 1.31. The van der Waals surface area contributed by atoms with Gasteiger partial charge >= 0.3 is 0 Å². The molecule has 1 heterocycles. The molecule has 0 aliphatic rings. The lowest BCUT2D eigenvalue weighted by atomic mass is 10.2. The predicted molar refractivity (Wildman–Crippen MR) is 44.6 cm³/mol. The highest BCUT2D eigenvalue weighted by molar-refractivity contribution is 6.44. The fourth-order valence-electron chi connectivity index (χ4n) is 0.781. The molecule has 0 bridgehead atoms. The smallest absolute Gasteiger partial charge is 0.134 e. The lowest BCUT2D eigenvalue weighted by Gasteiger charge is -2.04. The highest BCUT2D eigenvalue weighted by Gasteiger charge is 2.08. The molecule has 4 heteroatoms. The van der Waals surface area contributed by atoms with Crippen LogP contribution in [-0.4, -0.2) is 10.1 Å². The van der Waals surface area contributed by atoms with Crippen molar-refractivity contribution in [3.8, 4) is 0 Å². The number of hydrogen-bond acceptors (Lipinski definition) is 2. The van der Waals surface area contributed by atoms with Gasteiger partial charge in [-0.1, -0.05) is 29.3 Å². The van der Waals surface area contributed by atoms with E-state index in [2.05, 4.69) is 4.98 Å². The second kappa shape index (κ2) is 3.90. The first-order valence-corrected chi connectivity index (χ1v) is 3.95. The Morgan fingerprint density at radius 3 is 2.73 bits per heavy atom. The first-order valence-electron chi connectivity index (χ1n) is 3.08. The van der Waals surface area contributed by atoms with E-state index in [1.807, 2.05) is 0 Å². The number of alkyl halides is 2. The molecule has 11 heavy (non-hydrogen) atoms. The molecule has 0 saturated carbocycles. The number of pyridine rings is 1. The van der Waals surface area contributed by atoms with E-state index >= 15 is 0 Å². The van der Waals surface area contributed by atoms with Gasteiger partial charge in [-0.15, -0.1) is 0 Å². The minimum atomic E-state index is -0.620. The number of halogens is 2. The van der Waals surface area contributed by atoms with Gasteiger partial charge in [-0.05, 0) is 6.07 Å². The monoisotopic (exact) mass is 191 g/mol. The van der Waals surface area contributed by atoms with Gasteiger partial charge in [-0.25, -0.2) is 0 Å². The minimum absolute atomic E-state index is 0.133.